The smallest absolute Gasteiger partial charge is 0.0441 e. The van der Waals surface area contributed by atoms with E-state index in [0.29, 0.717) is 5.92 Å². The summed E-state index contributed by atoms with van der Waals surface area (Å²) in [5.74, 6) is 0.643. The van der Waals surface area contributed by atoms with Gasteiger partial charge in [-0.3, -0.25) is 15.8 Å². The van der Waals surface area contributed by atoms with Gasteiger partial charge in [0.15, 0.2) is 0 Å². The minimum Gasteiger partial charge on any atom is -0.319 e. The van der Waals surface area contributed by atoms with E-state index < -0.39 is 0 Å². The Bertz CT molecular complexity index is 356. The van der Waals surface area contributed by atoms with Gasteiger partial charge in [-0.05, 0) is 65.2 Å². The van der Waals surface area contributed by atoms with E-state index in [0.717, 1.165) is 25.2 Å². The first-order valence-corrected chi connectivity index (χ1v) is 7.72. The second-order valence-electron chi connectivity index (χ2n) is 5.04. The molecule has 0 aromatic carbocycles. The molecule has 0 heterocycles. The van der Waals surface area contributed by atoms with Crippen molar-refractivity contribution in [3.05, 3.63) is 36.6 Å². The number of allylic oxidation sites excluding steroid dienone is 4. The molecule has 0 radical (unpaired) electrons. The van der Waals surface area contributed by atoms with Crippen LogP contribution in [0.2, 0.25) is 0 Å². The van der Waals surface area contributed by atoms with Gasteiger partial charge in [0, 0.05) is 18.5 Å². The molecule has 1 atom stereocenters. The molecule has 3 N–H and O–H groups in total. The summed E-state index contributed by atoms with van der Waals surface area (Å²) < 4.78 is 0. The maximum Gasteiger partial charge on any atom is 0.0441 e. The van der Waals surface area contributed by atoms with E-state index in [1.807, 2.05) is 27.9 Å². The van der Waals surface area contributed by atoms with Crippen LogP contribution in [0.15, 0.2) is 41.6 Å². The van der Waals surface area contributed by atoms with E-state index >= 15 is 0 Å². The normalized spacial score (nSPS) is 14.7. The van der Waals surface area contributed by atoms with Crippen molar-refractivity contribution >= 4 is 5.71 Å². The zero-order valence-electron chi connectivity index (χ0n) is 14.1. The summed E-state index contributed by atoms with van der Waals surface area (Å²) in [5.41, 5.74) is 8.39. The lowest BCUT2D eigenvalue weighted by Crippen LogP contribution is -2.36. The Balaban J connectivity index is 4.35. The van der Waals surface area contributed by atoms with Crippen molar-refractivity contribution in [2.24, 2.45) is 10.9 Å². The second kappa shape index (κ2) is 13.7. The van der Waals surface area contributed by atoms with Crippen molar-refractivity contribution in [1.29, 1.82) is 0 Å². The van der Waals surface area contributed by atoms with Gasteiger partial charge in [0.05, 0.1) is 0 Å². The lowest BCUT2D eigenvalue weighted by atomic mass is 10.0. The van der Waals surface area contributed by atoms with Gasteiger partial charge in [-0.1, -0.05) is 24.8 Å². The SMILES string of the molecule is C=CN=C(C)C(/C=C\C)=C/CCCC(CNC)CNNC. The van der Waals surface area contributed by atoms with Gasteiger partial charge in [0.1, 0.15) is 0 Å². The summed E-state index contributed by atoms with van der Waals surface area (Å²) in [4.78, 5) is 4.26. The van der Waals surface area contributed by atoms with Crippen molar-refractivity contribution in [2.75, 3.05) is 27.2 Å². The molecule has 0 aromatic heterocycles. The molecule has 0 saturated heterocycles. The molecule has 120 valence electrons. The van der Waals surface area contributed by atoms with Crippen LogP contribution in [0, 0.1) is 5.92 Å². The maximum absolute atomic E-state index is 4.26. The van der Waals surface area contributed by atoms with Crippen LogP contribution in [0.4, 0.5) is 0 Å². The molecule has 0 fully saturated rings. The predicted octanol–water partition coefficient (Wildman–Crippen LogP) is 2.82. The third kappa shape index (κ3) is 10.2. The molecule has 0 spiro atoms. The highest BCUT2D eigenvalue weighted by Crippen LogP contribution is 2.10. The summed E-state index contributed by atoms with van der Waals surface area (Å²) in [6.07, 6.45) is 11.5. The van der Waals surface area contributed by atoms with Gasteiger partial charge < -0.3 is 5.32 Å². The Hall–Kier alpha value is -1.23. The second-order valence-corrected chi connectivity index (χ2v) is 5.04. The van der Waals surface area contributed by atoms with Gasteiger partial charge >= 0.3 is 0 Å². The summed E-state index contributed by atoms with van der Waals surface area (Å²) in [6.45, 7) is 9.73. The topological polar surface area (TPSA) is 48.5 Å². The Morgan fingerprint density at radius 2 is 2.05 bits per heavy atom. The number of unbranched alkanes of at least 4 members (excludes halogenated alkanes) is 1. The maximum atomic E-state index is 4.26. The fraction of sp³-hybridized carbons (Fsp3) is 0.588. The molecule has 0 aliphatic carbocycles. The Labute approximate surface area is 130 Å². The highest BCUT2D eigenvalue weighted by Gasteiger charge is 2.06. The minimum atomic E-state index is 0.643. The van der Waals surface area contributed by atoms with Gasteiger partial charge in [-0.2, -0.15) is 0 Å². The Kier molecular flexibility index (Phi) is 12.9. The van der Waals surface area contributed by atoms with Gasteiger partial charge in [-0.15, -0.1) is 0 Å². The third-order valence-electron chi connectivity index (χ3n) is 3.29. The fourth-order valence-electron chi connectivity index (χ4n) is 2.20. The number of hydrogen-bond donors (Lipinski definition) is 3. The van der Waals surface area contributed by atoms with Gasteiger partial charge in [-0.25, -0.2) is 0 Å². The van der Waals surface area contributed by atoms with Crippen LogP contribution < -0.4 is 16.2 Å². The highest BCUT2D eigenvalue weighted by molar-refractivity contribution is 6.00. The van der Waals surface area contributed by atoms with Crippen molar-refractivity contribution in [3.63, 3.8) is 0 Å². The number of hydrazine groups is 1. The van der Waals surface area contributed by atoms with Crippen LogP contribution in [0.5, 0.6) is 0 Å². The lowest BCUT2D eigenvalue weighted by Gasteiger charge is -2.16. The molecule has 0 saturated carbocycles. The van der Waals surface area contributed by atoms with Crippen LogP contribution in [-0.4, -0.2) is 32.9 Å². The molecular formula is C17H32N4. The van der Waals surface area contributed by atoms with E-state index in [2.05, 4.69) is 46.0 Å². The monoisotopic (exact) mass is 292 g/mol. The average Bonchev–Trinajstić information content (AvgIpc) is 2.47. The molecule has 4 heteroatoms. The van der Waals surface area contributed by atoms with Crippen molar-refractivity contribution in [3.8, 4) is 0 Å². The average molecular weight is 292 g/mol. The third-order valence-corrected chi connectivity index (χ3v) is 3.29. The molecule has 0 aliphatic heterocycles. The quantitative estimate of drug-likeness (QED) is 0.224. The molecule has 1 unspecified atom stereocenters. The molecule has 0 rings (SSSR count). The lowest BCUT2D eigenvalue weighted by molar-refractivity contribution is 0.401. The highest BCUT2D eigenvalue weighted by atomic mass is 15.3. The molecule has 0 aliphatic rings. The van der Waals surface area contributed by atoms with E-state index in [1.165, 1.54) is 18.4 Å². The van der Waals surface area contributed by atoms with Crippen LogP contribution in [0.25, 0.3) is 0 Å². The van der Waals surface area contributed by atoms with Crippen LogP contribution in [0.1, 0.15) is 33.1 Å². The van der Waals surface area contributed by atoms with E-state index in [-0.39, 0.29) is 0 Å². The largest absolute Gasteiger partial charge is 0.319 e. The van der Waals surface area contributed by atoms with E-state index in [9.17, 15) is 0 Å². The van der Waals surface area contributed by atoms with Gasteiger partial charge in [0.25, 0.3) is 0 Å². The van der Waals surface area contributed by atoms with Crippen molar-refractivity contribution in [1.82, 2.24) is 16.2 Å². The van der Waals surface area contributed by atoms with Crippen molar-refractivity contribution < 1.29 is 0 Å². The predicted molar refractivity (Wildman–Crippen MR) is 94.5 cm³/mol. The summed E-state index contributed by atoms with van der Waals surface area (Å²) in [7, 11) is 3.91. The summed E-state index contributed by atoms with van der Waals surface area (Å²) in [5, 5.41) is 3.26. The fourth-order valence-corrected chi connectivity index (χ4v) is 2.20. The van der Waals surface area contributed by atoms with Gasteiger partial charge in [0.2, 0.25) is 0 Å². The first kappa shape index (κ1) is 19.8. The number of aliphatic imine (C=N–C) groups is 1. The Morgan fingerprint density at radius 1 is 1.29 bits per heavy atom. The minimum absolute atomic E-state index is 0.643. The van der Waals surface area contributed by atoms with E-state index in [1.54, 1.807) is 6.20 Å². The Morgan fingerprint density at radius 3 is 2.62 bits per heavy atom. The zero-order valence-corrected chi connectivity index (χ0v) is 14.1. The first-order valence-electron chi connectivity index (χ1n) is 7.72. The number of nitrogens with zero attached hydrogens (tertiary/aromatic N) is 1. The number of nitrogens with one attached hydrogen (secondary N) is 3. The van der Waals surface area contributed by atoms with Crippen LogP contribution in [-0.2, 0) is 0 Å². The summed E-state index contributed by atoms with van der Waals surface area (Å²) in [6, 6.07) is 0. The van der Waals surface area contributed by atoms with Crippen LogP contribution >= 0.6 is 0 Å². The van der Waals surface area contributed by atoms with Crippen molar-refractivity contribution in [2.45, 2.75) is 33.1 Å². The zero-order chi connectivity index (χ0) is 15.9. The number of rotatable bonds is 12. The molecule has 4 nitrogen and oxygen atoms in total. The van der Waals surface area contributed by atoms with Crippen LogP contribution in [0.3, 0.4) is 0 Å². The summed E-state index contributed by atoms with van der Waals surface area (Å²) >= 11 is 0. The standard InChI is InChI=1S/C17H32N4/c1-6-10-17(15(3)20-7-2)12-9-8-11-16(13-18-4)14-21-19-5/h6-7,10,12,16,18-19,21H,2,8-9,11,13-14H2,1,3-5H3/b10-6-,17-12+,20-15?. The number of hydrogen-bond acceptors (Lipinski definition) is 4. The first-order chi connectivity index (χ1) is 10.2. The molecule has 21 heavy (non-hydrogen) atoms. The molecular weight excluding hydrogens is 260 g/mol. The molecule has 0 aromatic rings. The molecule has 0 amide bonds. The molecule has 0 bridgehead atoms. The van der Waals surface area contributed by atoms with E-state index in [4.69, 9.17) is 0 Å².